The Bertz CT molecular complexity index is 912. The predicted octanol–water partition coefficient (Wildman–Crippen LogP) is 7.02. The van der Waals surface area contributed by atoms with E-state index < -0.39 is 0 Å². The normalized spacial score (nSPS) is 11.4. The van der Waals surface area contributed by atoms with Crippen LogP contribution in [0.2, 0.25) is 5.02 Å². The summed E-state index contributed by atoms with van der Waals surface area (Å²) < 4.78 is 4.17. The molecule has 5 heteroatoms. The fourth-order valence-corrected chi connectivity index (χ4v) is 3.30. The van der Waals surface area contributed by atoms with Crippen molar-refractivity contribution in [1.82, 2.24) is 4.57 Å². The zero-order valence-electron chi connectivity index (χ0n) is 13.2. The molecular weight excluding hydrogens is 451 g/mol. The molecular formula is C19H15Br2ClN2. The van der Waals surface area contributed by atoms with Gasteiger partial charge in [-0.05, 0) is 78.3 Å². The summed E-state index contributed by atoms with van der Waals surface area (Å²) in [6, 6.07) is 16.1. The highest BCUT2D eigenvalue weighted by Crippen LogP contribution is 2.27. The molecule has 0 radical (unpaired) electrons. The van der Waals surface area contributed by atoms with Crippen molar-refractivity contribution in [3.63, 3.8) is 0 Å². The molecule has 0 saturated heterocycles. The molecule has 0 fully saturated rings. The summed E-state index contributed by atoms with van der Waals surface area (Å²) in [5.74, 6) is 0. The van der Waals surface area contributed by atoms with E-state index in [9.17, 15) is 0 Å². The maximum absolute atomic E-state index is 6.12. The Labute approximate surface area is 163 Å². The van der Waals surface area contributed by atoms with Crippen LogP contribution in [0, 0.1) is 13.8 Å². The second-order valence-corrected chi connectivity index (χ2v) is 7.67. The maximum atomic E-state index is 6.12. The summed E-state index contributed by atoms with van der Waals surface area (Å²) in [6.07, 6.45) is 1.89. The first-order valence-corrected chi connectivity index (χ1v) is 9.36. The van der Waals surface area contributed by atoms with Crippen molar-refractivity contribution in [2.24, 2.45) is 4.99 Å². The third kappa shape index (κ3) is 3.66. The average Bonchev–Trinajstić information content (AvgIpc) is 2.84. The minimum absolute atomic E-state index is 0.657. The fourth-order valence-electron chi connectivity index (χ4n) is 2.62. The second kappa shape index (κ2) is 7.26. The second-order valence-electron chi connectivity index (χ2n) is 5.49. The Balaban J connectivity index is 1.95. The van der Waals surface area contributed by atoms with Crippen LogP contribution in [0.15, 0.2) is 62.5 Å². The van der Waals surface area contributed by atoms with Gasteiger partial charge >= 0.3 is 0 Å². The first kappa shape index (κ1) is 17.5. The van der Waals surface area contributed by atoms with Crippen LogP contribution in [0.5, 0.6) is 0 Å². The lowest BCUT2D eigenvalue weighted by Crippen LogP contribution is -1.99. The van der Waals surface area contributed by atoms with Crippen LogP contribution in [0.4, 0.5) is 5.69 Å². The Hall–Kier alpha value is -1.36. The van der Waals surface area contributed by atoms with Crippen LogP contribution in [0.3, 0.4) is 0 Å². The van der Waals surface area contributed by atoms with E-state index in [0.29, 0.717) is 5.02 Å². The highest BCUT2D eigenvalue weighted by molar-refractivity contribution is 9.10. The standard InChI is InChI=1S/C19H15Br2ClN2/c1-12-9-14(11-23-16-5-8-18(21)19(22)10-16)13(2)24(12)17-6-3-15(20)4-7-17/h3-11H,1-2H3. The lowest BCUT2D eigenvalue weighted by atomic mass is 10.2. The summed E-state index contributed by atoms with van der Waals surface area (Å²) >= 11 is 13.0. The van der Waals surface area contributed by atoms with Gasteiger partial charge in [-0.15, -0.1) is 0 Å². The van der Waals surface area contributed by atoms with E-state index in [1.807, 2.05) is 36.5 Å². The van der Waals surface area contributed by atoms with Gasteiger partial charge in [0.1, 0.15) is 0 Å². The van der Waals surface area contributed by atoms with Crippen LogP contribution < -0.4 is 0 Å². The number of aliphatic imine (C=N–C) groups is 1. The average molecular weight is 467 g/mol. The number of hydrogen-bond acceptors (Lipinski definition) is 1. The molecule has 24 heavy (non-hydrogen) atoms. The molecule has 0 amide bonds. The molecule has 0 aliphatic heterocycles. The number of aryl methyl sites for hydroxylation is 1. The Morgan fingerprint density at radius 2 is 1.71 bits per heavy atom. The monoisotopic (exact) mass is 464 g/mol. The Morgan fingerprint density at radius 1 is 1.00 bits per heavy atom. The first-order chi connectivity index (χ1) is 11.5. The van der Waals surface area contributed by atoms with E-state index in [-0.39, 0.29) is 0 Å². The number of aromatic nitrogens is 1. The molecule has 0 N–H and O–H groups in total. The van der Waals surface area contributed by atoms with Crippen molar-refractivity contribution >= 4 is 55.4 Å². The summed E-state index contributed by atoms with van der Waals surface area (Å²) in [6.45, 7) is 4.20. The highest BCUT2D eigenvalue weighted by atomic mass is 79.9. The third-order valence-corrected chi connectivity index (χ3v) is 5.57. The summed E-state index contributed by atoms with van der Waals surface area (Å²) in [4.78, 5) is 4.55. The van der Waals surface area contributed by atoms with Gasteiger partial charge in [0, 0.05) is 37.8 Å². The zero-order chi connectivity index (χ0) is 17.3. The lowest BCUT2D eigenvalue weighted by Gasteiger charge is -2.09. The van der Waals surface area contributed by atoms with Gasteiger partial charge in [-0.2, -0.15) is 0 Å². The Morgan fingerprint density at radius 3 is 2.38 bits per heavy atom. The van der Waals surface area contributed by atoms with Gasteiger partial charge in [0.05, 0.1) is 10.7 Å². The van der Waals surface area contributed by atoms with Crippen LogP contribution in [-0.2, 0) is 0 Å². The summed E-state index contributed by atoms with van der Waals surface area (Å²) in [7, 11) is 0. The molecule has 122 valence electrons. The molecule has 0 saturated carbocycles. The molecule has 3 rings (SSSR count). The molecule has 0 bridgehead atoms. The molecule has 2 aromatic carbocycles. The lowest BCUT2D eigenvalue weighted by molar-refractivity contribution is 0.964. The van der Waals surface area contributed by atoms with Gasteiger partial charge in [-0.25, -0.2) is 0 Å². The number of nitrogens with zero attached hydrogens (tertiary/aromatic N) is 2. The van der Waals surface area contributed by atoms with Crippen LogP contribution in [-0.4, -0.2) is 10.8 Å². The van der Waals surface area contributed by atoms with E-state index in [2.05, 4.69) is 73.5 Å². The van der Waals surface area contributed by atoms with Crippen LogP contribution in [0.25, 0.3) is 5.69 Å². The molecule has 0 aliphatic rings. The smallest absolute Gasteiger partial charge is 0.0645 e. The number of halogens is 3. The molecule has 0 spiro atoms. The Kier molecular flexibility index (Phi) is 5.28. The predicted molar refractivity (Wildman–Crippen MR) is 109 cm³/mol. The van der Waals surface area contributed by atoms with E-state index in [0.717, 1.165) is 31.6 Å². The molecule has 1 heterocycles. The molecule has 2 nitrogen and oxygen atoms in total. The van der Waals surface area contributed by atoms with Crippen molar-refractivity contribution in [2.75, 3.05) is 0 Å². The van der Waals surface area contributed by atoms with Gasteiger partial charge in [0.15, 0.2) is 0 Å². The minimum atomic E-state index is 0.657. The quantitative estimate of drug-likeness (QED) is 0.369. The topological polar surface area (TPSA) is 17.3 Å². The van der Waals surface area contributed by atoms with Gasteiger partial charge in [-0.3, -0.25) is 4.99 Å². The van der Waals surface area contributed by atoms with Crippen molar-refractivity contribution < 1.29 is 0 Å². The van der Waals surface area contributed by atoms with Gasteiger partial charge in [-0.1, -0.05) is 27.5 Å². The molecule has 3 aromatic rings. The van der Waals surface area contributed by atoms with Gasteiger partial charge in [0.2, 0.25) is 0 Å². The first-order valence-electron chi connectivity index (χ1n) is 7.39. The van der Waals surface area contributed by atoms with E-state index in [1.165, 1.54) is 5.69 Å². The minimum Gasteiger partial charge on any atom is -0.318 e. The van der Waals surface area contributed by atoms with E-state index in [4.69, 9.17) is 11.6 Å². The van der Waals surface area contributed by atoms with Crippen molar-refractivity contribution in [3.8, 4) is 5.69 Å². The number of hydrogen-bond donors (Lipinski definition) is 0. The zero-order valence-corrected chi connectivity index (χ0v) is 17.2. The SMILES string of the molecule is Cc1cc(C=Nc2ccc(Br)c(Cl)c2)c(C)n1-c1ccc(Br)cc1. The summed E-state index contributed by atoms with van der Waals surface area (Å²) in [5.41, 5.74) is 5.39. The van der Waals surface area contributed by atoms with Crippen molar-refractivity contribution in [2.45, 2.75) is 13.8 Å². The number of benzene rings is 2. The highest BCUT2D eigenvalue weighted by Gasteiger charge is 2.09. The van der Waals surface area contributed by atoms with Crippen LogP contribution in [0.1, 0.15) is 17.0 Å². The van der Waals surface area contributed by atoms with Crippen molar-refractivity contribution in [1.29, 1.82) is 0 Å². The fraction of sp³-hybridized carbons (Fsp3) is 0.105. The molecule has 0 atom stereocenters. The largest absolute Gasteiger partial charge is 0.318 e. The number of rotatable bonds is 3. The van der Waals surface area contributed by atoms with E-state index >= 15 is 0 Å². The maximum Gasteiger partial charge on any atom is 0.0645 e. The van der Waals surface area contributed by atoms with Gasteiger partial charge in [0.25, 0.3) is 0 Å². The third-order valence-electron chi connectivity index (χ3n) is 3.81. The summed E-state index contributed by atoms with van der Waals surface area (Å²) in [5, 5.41) is 0.657. The molecule has 1 aromatic heterocycles. The van der Waals surface area contributed by atoms with Gasteiger partial charge < -0.3 is 4.57 Å². The van der Waals surface area contributed by atoms with E-state index in [1.54, 1.807) is 0 Å². The van der Waals surface area contributed by atoms with Crippen molar-refractivity contribution in [3.05, 3.63) is 79.5 Å². The molecule has 0 unspecified atom stereocenters. The van der Waals surface area contributed by atoms with Crippen LogP contribution >= 0.6 is 43.5 Å². The molecule has 0 aliphatic carbocycles.